The second-order valence-electron chi connectivity index (χ2n) is 2.54. The molecule has 1 heterocycles. The average molecular weight is 167 g/mol. The maximum atomic E-state index is 5.19. The molecule has 0 unspecified atom stereocenters. The highest BCUT2D eigenvalue weighted by Crippen LogP contribution is 2.10. The van der Waals surface area contributed by atoms with Crippen LogP contribution in [0.1, 0.15) is 11.3 Å². The number of aromatic nitrogens is 1. The topological polar surface area (TPSA) is 60.2 Å². The van der Waals surface area contributed by atoms with Gasteiger partial charge in [0, 0.05) is 18.3 Å². The normalized spacial score (nSPS) is 9.92. The van der Waals surface area contributed by atoms with E-state index in [2.05, 4.69) is 10.4 Å². The molecular formula is C8H13N3O. The molecule has 0 saturated carbocycles. The summed E-state index contributed by atoms with van der Waals surface area (Å²) in [5, 5.41) is 0. The zero-order valence-corrected chi connectivity index (χ0v) is 7.29. The number of nitrogens with two attached hydrogens (primary N) is 1. The number of pyridine rings is 1. The summed E-state index contributed by atoms with van der Waals surface area (Å²) in [5.41, 5.74) is 4.58. The summed E-state index contributed by atoms with van der Waals surface area (Å²) in [7, 11) is 1.60. The van der Waals surface area contributed by atoms with Crippen LogP contribution >= 0.6 is 0 Å². The molecule has 0 saturated heterocycles. The van der Waals surface area contributed by atoms with Crippen LogP contribution in [-0.4, -0.2) is 12.1 Å². The molecule has 3 N–H and O–H groups in total. The lowest BCUT2D eigenvalue weighted by Crippen LogP contribution is -2.20. The Balaban J connectivity index is 2.90. The van der Waals surface area contributed by atoms with Crippen LogP contribution in [0.2, 0.25) is 0 Å². The third-order valence-corrected chi connectivity index (χ3v) is 1.51. The molecule has 0 radical (unpaired) electrons. The molecule has 0 aliphatic heterocycles. The lowest BCUT2D eigenvalue weighted by atomic mass is 10.2. The van der Waals surface area contributed by atoms with E-state index in [0.717, 1.165) is 11.3 Å². The van der Waals surface area contributed by atoms with E-state index in [1.165, 1.54) is 0 Å². The molecule has 1 aromatic rings. The first kappa shape index (κ1) is 8.96. The third kappa shape index (κ3) is 2.18. The van der Waals surface area contributed by atoms with Crippen LogP contribution in [0.4, 0.5) is 0 Å². The van der Waals surface area contributed by atoms with Crippen LogP contribution in [0.5, 0.6) is 5.88 Å². The van der Waals surface area contributed by atoms with Gasteiger partial charge in [0.15, 0.2) is 0 Å². The summed E-state index contributed by atoms with van der Waals surface area (Å²) in [4.78, 5) is 4.14. The zero-order chi connectivity index (χ0) is 8.97. The Hall–Kier alpha value is -1.13. The number of nitrogens with one attached hydrogen (secondary N) is 1. The van der Waals surface area contributed by atoms with Gasteiger partial charge in [-0.2, -0.15) is 0 Å². The van der Waals surface area contributed by atoms with E-state index < -0.39 is 0 Å². The minimum Gasteiger partial charge on any atom is -0.481 e. The van der Waals surface area contributed by atoms with Gasteiger partial charge >= 0.3 is 0 Å². The van der Waals surface area contributed by atoms with Crippen LogP contribution in [-0.2, 0) is 6.54 Å². The predicted molar refractivity (Wildman–Crippen MR) is 46.6 cm³/mol. The molecule has 0 fully saturated rings. The second-order valence-corrected chi connectivity index (χ2v) is 2.54. The highest BCUT2D eigenvalue weighted by Gasteiger charge is 1.98. The van der Waals surface area contributed by atoms with E-state index >= 15 is 0 Å². The van der Waals surface area contributed by atoms with Crippen LogP contribution in [0.25, 0.3) is 0 Å². The van der Waals surface area contributed by atoms with Crippen molar-refractivity contribution in [2.75, 3.05) is 7.11 Å². The summed E-state index contributed by atoms with van der Waals surface area (Å²) in [6.45, 7) is 2.54. The van der Waals surface area contributed by atoms with Crippen molar-refractivity contribution in [2.45, 2.75) is 13.5 Å². The van der Waals surface area contributed by atoms with E-state index in [1.807, 2.05) is 19.1 Å². The molecule has 1 aromatic heterocycles. The fraction of sp³-hybridized carbons (Fsp3) is 0.375. The second kappa shape index (κ2) is 4.04. The maximum Gasteiger partial charge on any atom is 0.213 e. The minimum absolute atomic E-state index is 0.625. The fourth-order valence-corrected chi connectivity index (χ4v) is 1.03. The molecule has 4 nitrogen and oxygen atoms in total. The number of methoxy groups -OCH3 is 1. The van der Waals surface area contributed by atoms with Gasteiger partial charge in [-0.3, -0.25) is 11.3 Å². The van der Waals surface area contributed by atoms with E-state index in [1.54, 1.807) is 7.11 Å². The SMILES string of the molecule is COc1cc(CNN)cc(C)n1. The Morgan fingerprint density at radius 2 is 2.33 bits per heavy atom. The maximum absolute atomic E-state index is 5.19. The monoisotopic (exact) mass is 167 g/mol. The van der Waals surface area contributed by atoms with Crippen molar-refractivity contribution in [3.63, 3.8) is 0 Å². The number of hydrogen-bond acceptors (Lipinski definition) is 4. The highest BCUT2D eigenvalue weighted by atomic mass is 16.5. The standard InChI is InChI=1S/C8H13N3O/c1-6-3-7(5-10-9)4-8(11-6)12-2/h3-4,10H,5,9H2,1-2H3. The van der Waals surface area contributed by atoms with Gasteiger partial charge in [-0.25, -0.2) is 4.98 Å². The number of aryl methyl sites for hydroxylation is 1. The predicted octanol–water partition coefficient (Wildman–Crippen LogP) is 0.362. The van der Waals surface area contributed by atoms with Gasteiger partial charge in [0.05, 0.1) is 7.11 Å². The summed E-state index contributed by atoms with van der Waals surface area (Å²) in [5.74, 6) is 5.82. The number of rotatable bonds is 3. The molecule has 0 aromatic carbocycles. The van der Waals surface area contributed by atoms with Gasteiger partial charge < -0.3 is 4.74 Å². The Bertz CT molecular complexity index is 262. The molecule has 0 bridgehead atoms. The van der Waals surface area contributed by atoms with Crippen molar-refractivity contribution in [2.24, 2.45) is 5.84 Å². The summed E-state index contributed by atoms with van der Waals surface area (Å²) < 4.78 is 5.00. The van der Waals surface area contributed by atoms with E-state index in [-0.39, 0.29) is 0 Å². The molecule has 0 spiro atoms. The van der Waals surface area contributed by atoms with Crippen LogP contribution in [0, 0.1) is 6.92 Å². The number of nitrogens with zero attached hydrogens (tertiary/aromatic N) is 1. The number of hydrogen-bond donors (Lipinski definition) is 2. The van der Waals surface area contributed by atoms with Crippen molar-refractivity contribution in [3.05, 3.63) is 23.4 Å². The number of ether oxygens (including phenoxy) is 1. The molecular weight excluding hydrogens is 154 g/mol. The molecule has 0 amide bonds. The molecule has 0 aliphatic carbocycles. The van der Waals surface area contributed by atoms with Crippen molar-refractivity contribution < 1.29 is 4.74 Å². The van der Waals surface area contributed by atoms with Gasteiger partial charge in [-0.1, -0.05) is 0 Å². The minimum atomic E-state index is 0.625. The van der Waals surface area contributed by atoms with E-state index in [4.69, 9.17) is 10.6 Å². The molecule has 12 heavy (non-hydrogen) atoms. The summed E-state index contributed by atoms with van der Waals surface area (Å²) >= 11 is 0. The molecule has 1 rings (SSSR count). The fourth-order valence-electron chi connectivity index (χ4n) is 1.03. The first-order valence-corrected chi connectivity index (χ1v) is 3.71. The lowest BCUT2D eigenvalue weighted by molar-refractivity contribution is 0.396. The van der Waals surface area contributed by atoms with Crippen molar-refractivity contribution in [3.8, 4) is 5.88 Å². The molecule has 66 valence electrons. The van der Waals surface area contributed by atoms with E-state index in [9.17, 15) is 0 Å². The van der Waals surface area contributed by atoms with E-state index in [0.29, 0.717) is 12.4 Å². The lowest BCUT2D eigenvalue weighted by Gasteiger charge is -2.04. The van der Waals surface area contributed by atoms with Crippen LogP contribution in [0.3, 0.4) is 0 Å². The van der Waals surface area contributed by atoms with Crippen molar-refractivity contribution in [1.82, 2.24) is 10.4 Å². The first-order valence-electron chi connectivity index (χ1n) is 3.71. The Morgan fingerprint density at radius 3 is 2.92 bits per heavy atom. The van der Waals surface area contributed by atoms with Gasteiger partial charge in [0.1, 0.15) is 0 Å². The van der Waals surface area contributed by atoms with Gasteiger partial charge in [-0.15, -0.1) is 0 Å². The highest BCUT2D eigenvalue weighted by molar-refractivity contribution is 5.24. The Kier molecular flexibility index (Phi) is 3.01. The average Bonchev–Trinajstić information content (AvgIpc) is 2.04. The summed E-state index contributed by atoms with van der Waals surface area (Å²) in [6.07, 6.45) is 0. The molecule has 0 atom stereocenters. The largest absolute Gasteiger partial charge is 0.481 e. The van der Waals surface area contributed by atoms with Gasteiger partial charge in [0.25, 0.3) is 0 Å². The molecule has 4 heteroatoms. The Morgan fingerprint density at radius 1 is 1.58 bits per heavy atom. The van der Waals surface area contributed by atoms with Crippen molar-refractivity contribution in [1.29, 1.82) is 0 Å². The van der Waals surface area contributed by atoms with Gasteiger partial charge in [0.2, 0.25) is 5.88 Å². The quantitative estimate of drug-likeness (QED) is 0.504. The number of hydrazine groups is 1. The van der Waals surface area contributed by atoms with Gasteiger partial charge in [-0.05, 0) is 18.6 Å². The zero-order valence-electron chi connectivity index (χ0n) is 7.29. The third-order valence-electron chi connectivity index (χ3n) is 1.51. The Labute approximate surface area is 71.7 Å². The summed E-state index contributed by atoms with van der Waals surface area (Å²) in [6, 6.07) is 3.81. The van der Waals surface area contributed by atoms with Crippen LogP contribution < -0.4 is 16.0 Å². The first-order chi connectivity index (χ1) is 5.76. The molecule has 0 aliphatic rings. The smallest absolute Gasteiger partial charge is 0.213 e. The van der Waals surface area contributed by atoms with Crippen molar-refractivity contribution >= 4 is 0 Å². The van der Waals surface area contributed by atoms with Crippen LogP contribution in [0.15, 0.2) is 12.1 Å².